The van der Waals surface area contributed by atoms with E-state index >= 15 is 0 Å². The lowest BCUT2D eigenvalue weighted by molar-refractivity contribution is -0.129. The van der Waals surface area contributed by atoms with Gasteiger partial charge in [-0.15, -0.1) is 0 Å². The SMILES string of the molecule is C/C(=N\OCC(=O)NC1(c2ccccc2)CCC1)c1ccc2c(c1)OCO2. The number of carbonyl (C=O) groups is 1. The van der Waals surface area contributed by atoms with Crippen molar-refractivity contribution >= 4 is 11.6 Å². The Kier molecular flexibility index (Phi) is 4.71. The topological polar surface area (TPSA) is 69.2 Å². The molecule has 0 saturated heterocycles. The smallest absolute Gasteiger partial charge is 0.261 e. The van der Waals surface area contributed by atoms with Crippen molar-refractivity contribution in [3.05, 3.63) is 59.7 Å². The highest BCUT2D eigenvalue weighted by Gasteiger charge is 2.39. The van der Waals surface area contributed by atoms with Crippen LogP contribution in [0.25, 0.3) is 0 Å². The maximum Gasteiger partial charge on any atom is 0.261 e. The van der Waals surface area contributed by atoms with Crippen LogP contribution in [0.4, 0.5) is 0 Å². The summed E-state index contributed by atoms with van der Waals surface area (Å²) in [4.78, 5) is 17.6. The molecule has 0 radical (unpaired) electrons. The molecule has 27 heavy (non-hydrogen) atoms. The number of amides is 1. The van der Waals surface area contributed by atoms with E-state index in [4.69, 9.17) is 14.3 Å². The zero-order valence-electron chi connectivity index (χ0n) is 15.2. The van der Waals surface area contributed by atoms with E-state index in [2.05, 4.69) is 22.6 Å². The minimum absolute atomic E-state index is 0.115. The van der Waals surface area contributed by atoms with Crippen molar-refractivity contribution in [1.82, 2.24) is 5.32 Å². The van der Waals surface area contributed by atoms with E-state index in [0.29, 0.717) is 11.5 Å². The number of ether oxygens (including phenoxy) is 2. The molecule has 0 bridgehead atoms. The molecular formula is C21H22N2O4. The molecule has 0 atom stereocenters. The Bertz CT molecular complexity index is 860. The lowest BCUT2D eigenvalue weighted by Crippen LogP contribution is -2.51. The molecule has 140 valence electrons. The summed E-state index contributed by atoms with van der Waals surface area (Å²) in [5.74, 6) is 1.24. The summed E-state index contributed by atoms with van der Waals surface area (Å²) in [6.45, 7) is 1.94. The van der Waals surface area contributed by atoms with E-state index in [0.717, 1.165) is 36.1 Å². The van der Waals surface area contributed by atoms with Crippen molar-refractivity contribution in [2.45, 2.75) is 31.7 Å². The monoisotopic (exact) mass is 366 g/mol. The van der Waals surface area contributed by atoms with Gasteiger partial charge >= 0.3 is 0 Å². The van der Waals surface area contributed by atoms with Crippen LogP contribution in [-0.4, -0.2) is 25.0 Å². The summed E-state index contributed by atoms with van der Waals surface area (Å²) < 4.78 is 10.7. The highest BCUT2D eigenvalue weighted by atomic mass is 16.7. The molecule has 0 spiro atoms. The molecule has 1 amide bonds. The van der Waals surface area contributed by atoms with Gasteiger partial charge in [0.1, 0.15) is 0 Å². The van der Waals surface area contributed by atoms with Gasteiger partial charge in [-0.25, -0.2) is 0 Å². The molecule has 2 aliphatic rings. The molecule has 0 aromatic heterocycles. The third kappa shape index (κ3) is 3.60. The Morgan fingerprint density at radius 2 is 1.93 bits per heavy atom. The molecule has 1 aliphatic heterocycles. The Morgan fingerprint density at radius 3 is 2.67 bits per heavy atom. The highest BCUT2D eigenvalue weighted by Crippen LogP contribution is 2.41. The van der Waals surface area contributed by atoms with Crippen LogP contribution < -0.4 is 14.8 Å². The predicted octanol–water partition coefficient (Wildman–Crippen LogP) is 3.35. The second kappa shape index (κ2) is 7.31. The molecule has 4 rings (SSSR count). The van der Waals surface area contributed by atoms with Crippen LogP contribution in [0.1, 0.15) is 37.3 Å². The summed E-state index contributed by atoms with van der Waals surface area (Å²) in [7, 11) is 0. The number of carbonyl (C=O) groups excluding carboxylic acids is 1. The normalized spacial score (nSPS) is 17.1. The number of oxime groups is 1. The number of fused-ring (bicyclic) bond motifs is 1. The molecule has 6 heteroatoms. The average molecular weight is 366 g/mol. The van der Waals surface area contributed by atoms with Gasteiger partial charge in [0, 0.05) is 5.56 Å². The minimum Gasteiger partial charge on any atom is -0.454 e. The van der Waals surface area contributed by atoms with E-state index in [9.17, 15) is 4.79 Å². The van der Waals surface area contributed by atoms with Crippen LogP contribution in [-0.2, 0) is 15.2 Å². The Morgan fingerprint density at radius 1 is 1.15 bits per heavy atom. The van der Waals surface area contributed by atoms with Gasteiger partial charge in [-0.3, -0.25) is 4.79 Å². The van der Waals surface area contributed by atoms with E-state index in [1.807, 2.05) is 43.3 Å². The quantitative estimate of drug-likeness (QED) is 0.629. The lowest BCUT2D eigenvalue weighted by atomic mass is 9.72. The van der Waals surface area contributed by atoms with Gasteiger partial charge in [-0.2, -0.15) is 0 Å². The summed E-state index contributed by atoms with van der Waals surface area (Å²) in [5.41, 5.74) is 2.41. The fourth-order valence-electron chi connectivity index (χ4n) is 3.44. The van der Waals surface area contributed by atoms with Crippen LogP contribution in [0, 0.1) is 0 Å². The summed E-state index contributed by atoms with van der Waals surface area (Å²) >= 11 is 0. The first-order valence-electron chi connectivity index (χ1n) is 9.09. The molecular weight excluding hydrogens is 344 g/mol. The summed E-state index contributed by atoms with van der Waals surface area (Å²) in [5, 5.41) is 7.19. The largest absolute Gasteiger partial charge is 0.454 e. The standard InChI is InChI=1S/C21H22N2O4/c1-15(16-8-9-18-19(12-16)26-14-25-18)23-27-13-20(24)22-21(10-5-11-21)17-6-3-2-4-7-17/h2-4,6-9,12H,5,10-11,13-14H2,1H3,(H,22,24)/b23-15+. The third-order valence-corrected chi connectivity index (χ3v) is 5.10. The van der Waals surface area contributed by atoms with Crippen LogP contribution >= 0.6 is 0 Å². The minimum atomic E-state index is -0.266. The zero-order valence-corrected chi connectivity index (χ0v) is 15.2. The lowest BCUT2D eigenvalue weighted by Gasteiger charge is -2.43. The first-order chi connectivity index (χ1) is 13.2. The van der Waals surface area contributed by atoms with Gasteiger partial charge in [0.25, 0.3) is 5.91 Å². The van der Waals surface area contributed by atoms with Crippen molar-refractivity contribution in [2.75, 3.05) is 13.4 Å². The van der Waals surface area contributed by atoms with Crippen LogP contribution in [0.15, 0.2) is 53.7 Å². The fraction of sp³-hybridized carbons (Fsp3) is 0.333. The van der Waals surface area contributed by atoms with E-state index in [1.54, 1.807) is 0 Å². The molecule has 2 aromatic carbocycles. The average Bonchev–Trinajstić information content (AvgIpc) is 3.13. The highest BCUT2D eigenvalue weighted by molar-refractivity contribution is 5.99. The van der Waals surface area contributed by atoms with Crippen molar-refractivity contribution in [1.29, 1.82) is 0 Å². The molecule has 1 fully saturated rings. The Labute approximate surface area is 158 Å². The first kappa shape index (κ1) is 17.4. The van der Waals surface area contributed by atoms with Crippen LogP contribution in [0.5, 0.6) is 11.5 Å². The fourth-order valence-corrected chi connectivity index (χ4v) is 3.44. The third-order valence-electron chi connectivity index (χ3n) is 5.10. The van der Waals surface area contributed by atoms with Crippen LogP contribution in [0.3, 0.4) is 0 Å². The van der Waals surface area contributed by atoms with E-state index in [1.165, 1.54) is 0 Å². The van der Waals surface area contributed by atoms with Gasteiger partial charge < -0.3 is 19.6 Å². The van der Waals surface area contributed by atoms with E-state index in [-0.39, 0.29) is 24.8 Å². The number of rotatable bonds is 6. The number of benzene rings is 2. The van der Waals surface area contributed by atoms with Crippen LogP contribution in [0.2, 0.25) is 0 Å². The molecule has 1 N–H and O–H groups in total. The van der Waals surface area contributed by atoms with Gasteiger partial charge in [0.15, 0.2) is 18.1 Å². The first-order valence-corrected chi connectivity index (χ1v) is 9.09. The maximum atomic E-state index is 12.4. The zero-order chi connectivity index (χ0) is 18.7. The number of hydrogen-bond donors (Lipinski definition) is 1. The number of nitrogens with one attached hydrogen (secondary N) is 1. The van der Waals surface area contributed by atoms with Crippen molar-refractivity contribution < 1.29 is 19.1 Å². The van der Waals surface area contributed by atoms with Crippen molar-refractivity contribution in [2.24, 2.45) is 5.16 Å². The van der Waals surface area contributed by atoms with Crippen molar-refractivity contribution in [3.63, 3.8) is 0 Å². The Hall–Kier alpha value is -3.02. The predicted molar refractivity (Wildman–Crippen MR) is 101 cm³/mol. The molecule has 1 saturated carbocycles. The second-order valence-corrected chi connectivity index (χ2v) is 6.87. The summed E-state index contributed by atoms with van der Waals surface area (Å²) in [6, 6.07) is 15.7. The van der Waals surface area contributed by atoms with E-state index < -0.39 is 0 Å². The van der Waals surface area contributed by atoms with Gasteiger partial charge in [-0.1, -0.05) is 35.5 Å². The molecule has 1 heterocycles. The number of hydrogen-bond acceptors (Lipinski definition) is 5. The van der Waals surface area contributed by atoms with Gasteiger partial charge in [0.05, 0.1) is 11.3 Å². The molecule has 2 aromatic rings. The molecule has 0 unspecified atom stereocenters. The summed E-state index contributed by atoms with van der Waals surface area (Å²) in [6.07, 6.45) is 3.00. The molecule has 1 aliphatic carbocycles. The maximum absolute atomic E-state index is 12.4. The van der Waals surface area contributed by atoms with Gasteiger partial charge in [0.2, 0.25) is 6.79 Å². The number of nitrogens with zero attached hydrogens (tertiary/aromatic N) is 1. The van der Waals surface area contributed by atoms with Crippen molar-refractivity contribution in [3.8, 4) is 11.5 Å². The second-order valence-electron chi connectivity index (χ2n) is 6.87. The molecule has 6 nitrogen and oxygen atoms in total. The Balaban J connectivity index is 1.34. The van der Waals surface area contributed by atoms with Gasteiger partial charge in [-0.05, 0) is 49.9 Å².